The minimum absolute atomic E-state index is 0.0330. The van der Waals surface area contributed by atoms with Crippen LogP contribution in [0.4, 0.5) is 10.5 Å². The highest BCUT2D eigenvalue weighted by molar-refractivity contribution is 6.00. The molecule has 176 valence electrons. The molecule has 1 fully saturated rings. The number of hydrogen-bond acceptors (Lipinski definition) is 5. The third-order valence-electron chi connectivity index (χ3n) is 8.18. The Kier molecular flexibility index (Phi) is 4.96. The standard InChI is InChI=1S/C28H30N2O4/c1-17-23(33-27(31)29-21-10-6-8-18-7-4-5-9-20(18)21)15-24-28(17)13-14-30(2)16-19-11-12-22(32-3)26(34-24)25(19)28/h4-12,17,23-24H,13-16H2,1-3H3,(H,29,31)/t17?,23-,24+,28-/m1/s1. The van der Waals surface area contributed by atoms with Gasteiger partial charge < -0.3 is 19.1 Å². The van der Waals surface area contributed by atoms with Gasteiger partial charge in [0.15, 0.2) is 11.5 Å². The minimum atomic E-state index is -0.415. The zero-order valence-corrected chi connectivity index (χ0v) is 19.8. The lowest BCUT2D eigenvalue weighted by molar-refractivity contribution is 0.0774. The van der Waals surface area contributed by atoms with E-state index in [0.717, 1.165) is 47.5 Å². The first-order valence-corrected chi connectivity index (χ1v) is 12.0. The maximum Gasteiger partial charge on any atom is 0.411 e. The number of nitrogens with one attached hydrogen (secondary N) is 1. The molecular weight excluding hydrogens is 428 g/mol. The first kappa shape index (κ1) is 21.3. The van der Waals surface area contributed by atoms with Crippen molar-refractivity contribution in [2.45, 2.75) is 43.9 Å². The van der Waals surface area contributed by atoms with Crippen molar-refractivity contribution in [3.8, 4) is 11.5 Å². The lowest BCUT2D eigenvalue weighted by atomic mass is 9.69. The summed E-state index contributed by atoms with van der Waals surface area (Å²) in [6.45, 7) is 4.06. The van der Waals surface area contributed by atoms with E-state index in [0.29, 0.717) is 6.42 Å². The molecule has 2 aliphatic heterocycles. The van der Waals surface area contributed by atoms with Crippen LogP contribution in [0.25, 0.3) is 10.8 Å². The molecule has 3 aromatic carbocycles. The molecule has 1 spiro atoms. The molecule has 1 unspecified atom stereocenters. The monoisotopic (exact) mass is 458 g/mol. The predicted molar refractivity (Wildman–Crippen MR) is 132 cm³/mol. The Morgan fingerprint density at radius 1 is 1.15 bits per heavy atom. The number of nitrogens with zero attached hydrogens (tertiary/aromatic N) is 1. The molecule has 0 bridgehead atoms. The van der Waals surface area contributed by atoms with Crippen molar-refractivity contribution in [2.75, 3.05) is 26.0 Å². The van der Waals surface area contributed by atoms with Crippen LogP contribution in [-0.4, -0.2) is 43.9 Å². The minimum Gasteiger partial charge on any atom is -0.493 e. The molecular formula is C28H30N2O4. The fourth-order valence-corrected chi connectivity index (χ4v) is 6.48. The van der Waals surface area contributed by atoms with E-state index in [-0.39, 0.29) is 23.5 Å². The summed E-state index contributed by atoms with van der Waals surface area (Å²) in [7, 11) is 3.85. The topological polar surface area (TPSA) is 60.0 Å². The molecule has 3 aliphatic rings. The van der Waals surface area contributed by atoms with Crippen LogP contribution in [0.3, 0.4) is 0 Å². The van der Waals surface area contributed by atoms with Crippen LogP contribution >= 0.6 is 0 Å². The summed E-state index contributed by atoms with van der Waals surface area (Å²) < 4.78 is 18.3. The summed E-state index contributed by atoms with van der Waals surface area (Å²) in [6.07, 6.45) is 0.963. The molecule has 6 heteroatoms. The Bertz CT molecular complexity index is 1270. The molecule has 0 radical (unpaired) electrons. The van der Waals surface area contributed by atoms with E-state index < -0.39 is 6.09 Å². The average Bonchev–Trinajstić information content (AvgIpc) is 3.23. The fourth-order valence-electron chi connectivity index (χ4n) is 6.48. The van der Waals surface area contributed by atoms with Crippen LogP contribution in [0.1, 0.15) is 30.9 Å². The maximum atomic E-state index is 13.0. The van der Waals surface area contributed by atoms with E-state index in [1.165, 1.54) is 11.1 Å². The Labute approximate surface area is 199 Å². The Morgan fingerprint density at radius 3 is 2.82 bits per heavy atom. The number of anilines is 1. The number of rotatable bonds is 3. The number of amides is 1. The third kappa shape index (κ3) is 3.08. The summed E-state index contributed by atoms with van der Waals surface area (Å²) in [5.41, 5.74) is 3.12. The zero-order chi connectivity index (χ0) is 23.4. The third-order valence-corrected chi connectivity index (χ3v) is 8.18. The second-order valence-electron chi connectivity index (χ2n) is 9.89. The van der Waals surface area contributed by atoms with Gasteiger partial charge in [-0.2, -0.15) is 0 Å². The molecule has 1 aliphatic carbocycles. The number of carbonyl (C=O) groups is 1. The van der Waals surface area contributed by atoms with Gasteiger partial charge in [-0.15, -0.1) is 0 Å². The van der Waals surface area contributed by atoms with Crippen molar-refractivity contribution < 1.29 is 19.0 Å². The van der Waals surface area contributed by atoms with E-state index in [2.05, 4.69) is 30.3 Å². The Hall–Kier alpha value is -3.25. The molecule has 3 aromatic rings. The van der Waals surface area contributed by atoms with Gasteiger partial charge in [0.05, 0.1) is 12.8 Å². The van der Waals surface area contributed by atoms with E-state index in [1.54, 1.807) is 7.11 Å². The molecule has 0 aromatic heterocycles. The van der Waals surface area contributed by atoms with Gasteiger partial charge in [-0.3, -0.25) is 5.32 Å². The normalized spacial score (nSPS) is 27.4. The van der Waals surface area contributed by atoms with E-state index in [1.807, 2.05) is 48.5 Å². The summed E-state index contributed by atoms with van der Waals surface area (Å²) in [5, 5.41) is 5.06. The zero-order valence-electron chi connectivity index (χ0n) is 19.8. The first-order valence-electron chi connectivity index (χ1n) is 12.0. The van der Waals surface area contributed by atoms with Crippen LogP contribution < -0.4 is 14.8 Å². The molecule has 34 heavy (non-hydrogen) atoms. The highest BCUT2D eigenvalue weighted by atomic mass is 16.6. The molecule has 1 saturated carbocycles. The summed E-state index contributed by atoms with van der Waals surface area (Å²) in [5.74, 6) is 1.79. The molecule has 1 N–H and O–H groups in total. The average molecular weight is 459 g/mol. The summed E-state index contributed by atoms with van der Waals surface area (Å²) in [4.78, 5) is 15.4. The highest BCUT2D eigenvalue weighted by Gasteiger charge is 2.62. The fraction of sp³-hybridized carbons (Fsp3) is 0.393. The van der Waals surface area contributed by atoms with Gasteiger partial charge in [-0.25, -0.2) is 4.79 Å². The lowest BCUT2D eigenvalue weighted by Crippen LogP contribution is -2.40. The summed E-state index contributed by atoms with van der Waals surface area (Å²) >= 11 is 0. The van der Waals surface area contributed by atoms with Crippen LogP contribution in [0.2, 0.25) is 0 Å². The molecule has 6 rings (SSSR count). The number of carbonyl (C=O) groups excluding carboxylic acids is 1. The van der Waals surface area contributed by atoms with Crippen LogP contribution in [0, 0.1) is 5.92 Å². The molecule has 1 amide bonds. The lowest BCUT2D eigenvalue weighted by Gasteiger charge is -2.34. The summed E-state index contributed by atoms with van der Waals surface area (Å²) in [6, 6.07) is 18.1. The van der Waals surface area contributed by atoms with Gasteiger partial charge in [0, 0.05) is 35.2 Å². The van der Waals surface area contributed by atoms with Crippen molar-refractivity contribution in [2.24, 2.45) is 5.92 Å². The number of methoxy groups -OCH3 is 1. The van der Waals surface area contributed by atoms with Crippen molar-refractivity contribution in [1.29, 1.82) is 0 Å². The van der Waals surface area contributed by atoms with Crippen LogP contribution in [0.15, 0.2) is 54.6 Å². The quantitative estimate of drug-likeness (QED) is 0.574. The van der Waals surface area contributed by atoms with Crippen molar-refractivity contribution in [1.82, 2.24) is 4.90 Å². The van der Waals surface area contributed by atoms with Gasteiger partial charge in [-0.05, 0) is 43.1 Å². The van der Waals surface area contributed by atoms with Gasteiger partial charge in [0.25, 0.3) is 0 Å². The first-order chi connectivity index (χ1) is 16.5. The molecule has 4 atom stereocenters. The molecule has 2 heterocycles. The SMILES string of the molecule is COc1ccc2c3c1O[C@H]1C[C@@H](OC(=O)Nc4cccc5ccccc45)C(C)[C@@]31CCN(C)C2. The van der Waals surface area contributed by atoms with Gasteiger partial charge >= 0.3 is 6.09 Å². The van der Waals surface area contributed by atoms with E-state index in [9.17, 15) is 4.79 Å². The van der Waals surface area contributed by atoms with Crippen LogP contribution in [0.5, 0.6) is 11.5 Å². The van der Waals surface area contributed by atoms with Crippen LogP contribution in [-0.2, 0) is 16.7 Å². The number of hydrogen-bond donors (Lipinski definition) is 1. The van der Waals surface area contributed by atoms with E-state index in [4.69, 9.17) is 14.2 Å². The Balaban J connectivity index is 1.29. The Morgan fingerprint density at radius 2 is 1.97 bits per heavy atom. The largest absolute Gasteiger partial charge is 0.493 e. The smallest absolute Gasteiger partial charge is 0.411 e. The maximum absolute atomic E-state index is 13.0. The van der Waals surface area contributed by atoms with Crippen molar-refractivity contribution >= 4 is 22.6 Å². The number of ether oxygens (including phenoxy) is 3. The van der Waals surface area contributed by atoms with E-state index >= 15 is 0 Å². The predicted octanol–water partition coefficient (Wildman–Crippen LogP) is 5.34. The molecule has 6 nitrogen and oxygen atoms in total. The van der Waals surface area contributed by atoms with Gasteiger partial charge in [0.2, 0.25) is 0 Å². The van der Waals surface area contributed by atoms with Gasteiger partial charge in [0.1, 0.15) is 12.2 Å². The second-order valence-corrected chi connectivity index (χ2v) is 9.89. The van der Waals surface area contributed by atoms with Crippen molar-refractivity contribution in [3.05, 3.63) is 65.7 Å². The number of fused-ring (bicyclic) bond motifs is 1. The second kappa shape index (κ2) is 7.91. The van der Waals surface area contributed by atoms with Crippen molar-refractivity contribution in [3.63, 3.8) is 0 Å². The van der Waals surface area contributed by atoms with Gasteiger partial charge in [-0.1, -0.05) is 49.4 Å². The highest BCUT2D eigenvalue weighted by Crippen LogP contribution is 2.61. The number of benzene rings is 3. The molecule has 0 saturated heterocycles.